The van der Waals surface area contributed by atoms with Gasteiger partial charge in [-0.3, -0.25) is 9.59 Å². The van der Waals surface area contributed by atoms with E-state index in [0.717, 1.165) is 25.1 Å². The molecule has 0 aromatic carbocycles. The molecule has 0 unspecified atom stereocenters. The summed E-state index contributed by atoms with van der Waals surface area (Å²) in [5.74, 6) is -0.347. The summed E-state index contributed by atoms with van der Waals surface area (Å²) in [4.78, 5) is 24.9. The van der Waals surface area contributed by atoms with Gasteiger partial charge in [0.25, 0.3) is 11.5 Å². The third-order valence-electron chi connectivity index (χ3n) is 3.93. The Hall–Kier alpha value is -1.66. The molecule has 22 heavy (non-hydrogen) atoms. The summed E-state index contributed by atoms with van der Waals surface area (Å²) in [7, 11) is 1.57. The van der Waals surface area contributed by atoms with Gasteiger partial charge in [-0.1, -0.05) is 0 Å². The van der Waals surface area contributed by atoms with E-state index >= 15 is 0 Å². The second kappa shape index (κ2) is 7.56. The number of nitrogens with zero attached hydrogens (tertiary/aromatic N) is 1. The molecule has 0 bridgehead atoms. The molecule has 0 radical (unpaired) electrons. The first-order chi connectivity index (χ1) is 10.5. The third-order valence-corrected chi connectivity index (χ3v) is 3.93. The lowest BCUT2D eigenvalue weighted by Gasteiger charge is -2.17. The molecule has 1 aromatic heterocycles. The minimum atomic E-state index is -0.347. The highest BCUT2D eigenvalue weighted by molar-refractivity contribution is 5.95. The zero-order valence-corrected chi connectivity index (χ0v) is 13.5. The molecule has 0 aliphatic carbocycles. The Morgan fingerprint density at radius 2 is 2.27 bits per heavy atom. The lowest BCUT2D eigenvalue weighted by atomic mass is 10.1. The monoisotopic (exact) mass is 308 g/mol. The maximum absolute atomic E-state index is 12.7. The number of nitrogens with one attached hydrogen (secondary N) is 1. The highest BCUT2D eigenvalue weighted by Gasteiger charge is 2.21. The van der Waals surface area contributed by atoms with Crippen LogP contribution in [0.15, 0.2) is 10.9 Å². The van der Waals surface area contributed by atoms with Gasteiger partial charge in [0.05, 0.1) is 19.3 Å². The molecule has 1 atom stereocenters. The molecule has 1 N–H and O–H groups in total. The number of hydrogen-bond donors (Lipinski definition) is 1. The molecule has 2 heterocycles. The van der Waals surface area contributed by atoms with Gasteiger partial charge < -0.3 is 19.4 Å². The number of hydrogen-bond acceptors (Lipinski definition) is 4. The van der Waals surface area contributed by atoms with E-state index in [1.54, 1.807) is 18.6 Å². The Morgan fingerprint density at radius 1 is 1.50 bits per heavy atom. The fourth-order valence-electron chi connectivity index (χ4n) is 2.78. The van der Waals surface area contributed by atoms with Crippen LogP contribution in [0.3, 0.4) is 0 Å². The molecule has 1 saturated heterocycles. The lowest BCUT2D eigenvalue weighted by molar-refractivity contribution is 0.0917. The van der Waals surface area contributed by atoms with Crippen molar-refractivity contribution in [2.24, 2.45) is 0 Å². The zero-order chi connectivity index (χ0) is 16.1. The highest BCUT2D eigenvalue weighted by Crippen LogP contribution is 2.15. The van der Waals surface area contributed by atoms with Gasteiger partial charge >= 0.3 is 0 Å². The van der Waals surface area contributed by atoms with Crippen molar-refractivity contribution in [1.82, 2.24) is 9.88 Å². The van der Waals surface area contributed by atoms with Gasteiger partial charge in [0.15, 0.2) is 0 Å². The first-order valence-electron chi connectivity index (χ1n) is 7.64. The quantitative estimate of drug-likeness (QED) is 0.797. The minimum Gasteiger partial charge on any atom is -0.383 e. The summed E-state index contributed by atoms with van der Waals surface area (Å²) >= 11 is 0. The summed E-state index contributed by atoms with van der Waals surface area (Å²) < 4.78 is 12.2. The molecule has 1 fully saturated rings. The van der Waals surface area contributed by atoms with E-state index < -0.39 is 0 Å². The van der Waals surface area contributed by atoms with Crippen molar-refractivity contribution < 1.29 is 14.3 Å². The average Bonchev–Trinajstić information content (AvgIpc) is 2.96. The van der Waals surface area contributed by atoms with Crippen LogP contribution in [0.1, 0.15) is 34.5 Å². The first kappa shape index (κ1) is 16.7. The maximum atomic E-state index is 12.7. The Kier molecular flexibility index (Phi) is 5.74. The molecule has 1 aliphatic heterocycles. The Bertz CT molecular complexity index is 589. The predicted molar refractivity (Wildman–Crippen MR) is 83.4 cm³/mol. The van der Waals surface area contributed by atoms with Crippen LogP contribution >= 0.6 is 0 Å². The summed E-state index contributed by atoms with van der Waals surface area (Å²) in [5.41, 5.74) is 1.51. The van der Waals surface area contributed by atoms with Crippen molar-refractivity contribution in [3.05, 3.63) is 33.2 Å². The molecular weight excluding hydrogens is 284 g/mol. The minimum absolute atomic E-state index is 0.0588. The van der Waals surface area contributed by atoms with Crippen LogP contribution in [0.2, 0.25) is 0 Å². The van der Waals surface area contributed by atoms with Crippen LogP contribution in [-0.2, 0) is 16.0 Å². The van der Waals surface area contributed by atoms with Crippen LogP contribution in [-0.4, -0.2) is 43.4 Å². The van der Waals surface area contributed by atoms with Crippen LogP contribution < -0.4 is 10.9 Å². The van der Waals surface area contributed by atoms with E-state index in [1.807, 2.05) is 13.0 Å². The second-order valence-corrected chi connectivity index (χ2v) is 5.64. The Morgan fingerprint density at radius 3 is 2.91 bits per heavy atom. The summed E-state index contributed by atoms with van der Waals surface area (Å²) in [6, 6.07) is 1.88. The lowest BCUT2D eigenvalue weighted by Crippen LogP contribution is -2.37. The maximum Gasteiger partial charge on any atom is 0.263 e. The number of rotatable bonds is 6. The van der Waals surface area contributed by atoms with Gasteiger partial charge in [0, 0.05) is 26.0 Å². The highest BCUT2D eigenvalue weighted by atomic mass is 16.5. The van der Waals surface area contributed by atoms with Gasteiger partial charge in [-0.15, -0.1) is 0 Å². The summed E-state index contributed by atoms with van der Waals surface area (Å²) in [5, 5.41) is 2.71. The van der Waals surface area contributed by atoms with Crippen molar-refractivity contribution in [3.8, 4) is 0 Å². The van der Waals surface area contributed by atoms with Crippen LogP contribution in [0.4, 0.5) is 0 Å². The Labute approximate surface area is 130 Å². The van der Waals surface area contributed by atoms with Crippen molar-refractivity contribution in [1.29, 1.82) is 0 Å². The molecular formula is C16H24N2O4. The molecule has 1 aliphatic rings. The second-order valence-electron chi connectivity index (χ2n) is 5.64. The number of carbonyl (C=O) groups excluding carboxylic acids is 1. The van der Waals surface area contributed by atoms with E-state index in [2.05, 4.69) is 5.32 Å². The molecule has 1 amide bonds. The van der Waals surface area contributed by atoms with Crippen LogP contribution in [0, 0.1) is 13.8 Å². The number of pyridine rings is 1. The standard InChI is InChI=1S/C16H24N2O4/c1-11-9-12(2)18(10-13-5-4-7-22-13)16(20)14(11)15(19)17-6-8-21-3/h9,13H,4-8,10H2,1-3H3,(H,17,19)/t13-/m1/s1. The molecule has 0 saturated carbocycles. The zero-order valence-electron chi connectivity index (χ0n) is 13.5. The smallest absolute Gasteiger partial charge is 0.263 e. The van der Waals surface area contributed by atoms with Crippen molar-refractivity contribution in [3.63, 3.8) is 0 Å². The largest absolute Gasteiger partial charge is 0.383 e. The number of amides is 1. The fourth-order valence-corrected chi connectivity index (χ4v) is 2.78. The van der Waals surface area contributed by atoms with Crippen molar-refractivity contribution in [2.75, 3.05) is 26.9 Å². The number of aromatic nitrogens is 1. The van der Waals surface area contributed by atoms with Crippen molar-refractivity contribution >= 4 is 5.91 Å². The third kappa shape index (κ3) is 3.75. The molecule has 6 heteroatoms. The summed E-state index contributed by atoms with van der Waals surface area (Å²) in [6.07, 6.45) is 2.03. The van der Waals surface area contributed by atoms with Gasteiger partial charge in [-0.25, -0.2) is 0 Å². The fraction of sp³-hybridized carbons (Fsp3) is 0.625. The van der Waals surface area contributed by atoms with Gasteiger partial charge in [0.1, 0.15) is 5.56 Å². The van der Waals surface area contributed by atoms with Gasteiger partial charge in [-0.05, 0) is 38.3 Å². The van der Waals surface area contributed by atoms with E-state index in [9.17, 15) is 9.59 Å². The molecule has 6 nitrogen and oxygen atoms in total. The topological polar surface area (TPSA) is 69.6 Å². The summed E-state index contributed by atoms with van der Waals surface area (Å²) in [6.45, 7) is 5.72. The van der Waals surface area contributed by atoms with E-state index in [4.69, 9.17) is 9.47 Å². The van der Waals surface area contributed by atoms with E-state index in [-0.39, 0.29) is 23.1 Å². The molecule has 1 aromatic rings. The van der Waals surface area contributed by atoms with E-state index in [1.165, 1.54) is 0 Å². The molecule has 122 valence electrons. The number of ether oxygens (including phenoxy) is 2. The number of aryl methyl sites for hydroxylation is 2. The Balaban J connectivity index is 2.25. The number of methoxy groups -OCH3 is 1. The molecule has 0 spiro atoms. The predicted octanol–water partition coefficient (Wildman–Crippen LogP) is 1.02. The van der Waals surface area contributed by atoms with E-state index in [0.29, 0.717) is 25.3 Å². The molecule has 2 rings (SSSR count). The van der Waals surface area contributed by atoms with Crippen LogP contribution in [0.5, 0.6) is 0 Å². The number of carbonyl (C=O) groups is 1. The van der Waals surface area contributed by atoms with Gasteiger partial charge in [0.2, 0.25) is 0 Å². The normalized spacial score (nSPS) is 17.7. The average molecular weight is 308 g/mol. The van der Waals surface area contributed by atoms with Crippen LogP contribution in [0.25, 0.3) is 0 Å². The SMILES string of the molecule is COCCNC(=O)c1c(C)cc(C)n(C[C@H]2CCCO2)c1=O. The van der Waals surface area contributed by atoms with Crippen molar-refractivity contribution in [2.45, 2.75) is 39.3 Å². The van der Waals surface area contributed by atoms with Gasteiger partial charge in [-0.2, -0.15) is 0 Å². The first-order valence-corrected chi connectivity index (χ1v) is 7.64.